The molecule has 0 fully saturated rings. The first-order chi connectivity index (χ1) is 19.8. The predicted octanol–water partition coefficient (Wildman–Crippen LogP) is 1.19. The summed E-state index contributed by atoms with van der Waals surface area (Å²) in [6, 6.07) is 32.7. The Labute approximate surface area is 281 Å². The van der Waals surface area contributed by atoms with Gasteiger partial charge in [-0.25, -0.2) is 0 Å². The predicted molar refractivity (Wildman–Crippen MR) is 161 cm³/mol. The van der Waals surface area contributed by atoms with Crippen molar-refractivity contribution in [1.82, 2.24) is 39.9 Å². The van der Waals surface area contributed by atoms with E-state index in [0.717, 1.165) is 71.3 Å². The van der Waals surface area contributed by atoms with E-state index in [1.807, 2.05) is 66.7 Å². The number of aromatic amines is 4. The summed E-state index contributed by atoms with van der Waals surface area (Å²) < 4.78 is 0. The van der Waals surface area contributed by atoms with Crippen LogP contribution in [-0.2, 0) is 0 Å². The van der Waals surface area contributed by atoms with E-state index in [1.54, 1.807) is 0 Å². The van der Waals surface area contributed by atoms with Gasteiger partial charge in [-0.15, -0.1) is 0 Å². The average Bonchev–Trinajstić information content (AvgIpc) is 3.73. The Kier molecular flexibility index (Phi) is 6.78. The van der Waals surface area contributed by atoms with E-state index in [2.05, 4.69) is 50.3 Å². The van der Waals surface area contributed by atoms with Gasteiger partial charge in [0.05, 0.1) is 11.3 Å². The minimum atomic E-state index is 0. The third kappa shape index (κ3) is 4.14. The summed E-state index contributed by atoms with van der Waals surface area (Å²) in [6.07, 6.45) is 0. The van der Waals surface area contributed by atoms with Gasteiger partial charge >= 0.3 is 59.1 Å². The van der Waals surface area contributed by atoms with Crippen LogP contribution in [0.15, 0.2) is 97.1 Å². The van der Waals surface area contributed by atoms with Gasteiger partial charge in [0.1, 0.15) is 11.3 Å². The number of fused-ring (bicyclic) bond motifs is 20. The van der Waals surface area contributed by atoms with Crippen molar-refractivity contribution in [2.24, 2.45) is 0 Å². The maximum atomic E-state index is 5.04. The topological polar surface area (TPSA) is 117 Å². The largest absolute Gasteiger partial charge is 1.00 e. The fourth-order valence-electron chi connectivity index (χ4n) is 5.73. The summed E-state index contributed by atoms with van der Waals surface area (Å²) in [5.74, 6) is 0. The molecule has 4 N–H and O–H groups in total. The molecule has 190 valence electrons. The van der Waals surface area contributed by atoms with Crippen molar-refractivity contribution in [3.05, 3.63) is 97.1 Å². The van der Waals surface area contributed by atoms with Crippen LogP contribution >= 0.6 is 0 Å². The summed E-state index contributed by atoms with van der Waals surface area (Å²) in [5.41, 5.74) is 5.84. The number of benzene rings is 4. The van der Waals surface area contributed by atoms with Crippen LogP contribution in [0.2, 0.25) is 0 Å². The van der Waals surface area contributed by atoms with Gasteiger partial charge in [0.15, 0.2) is 0 Å². The molecule has 0 saturated heterocycles. The third-order valence-corrected chi connectivity index (χ3v) is 7.60. The molecule has 5 heterocycles. The smallest absolute Gasteiger partial charge is 0.400 e. The van der Waals surface area contributed by atoms with E-state index in [1.165, 1.54) is 0 Å². The number of hydrogen-bond acceptors (Lipinski definition) is 2. The Morgan fingerprint density at radius 2 is 0.786 bits per heavy atom. The van der Waals surface area contributed by atoms with Gasteiger partial charge in [0.25, 0.3) is 0 Å². The molecular weight excluding hydrogens is 542 g/mol. The van der Waals surface area contributed by atoms with Crippen molar-refractivity contribution in [2.45, 2.75) is 0 Å². The average molecular weight is 563 g/mol. The maximum absolute atomic E-state index is 5.04. The number of H-pyrrole nitrogens is 4. The van der Waals surface area contributed by atoms with E-state index in [4.69, 9.17) is 19.9 Å². The quantitative estimate of drug-likeness (QED) is 0.208. The minimum absolute atomic E-state index is 0. The summed E-state index contributed by atoms with van der Waals surface area (Å²) in [5, 5.41) is 7.95. The monoisotopic (exact) mass is 562 g/mol. The van der Waals surface area contributed by atoms with E-state index in [0.29, 0.717) is 16.9 Å². The zero-order valence-electron chi connectivity index (χ0n) is 23.0. The van der Waals surface area contributed by atoms with E-state index in [9.17, 15) is 0 Å². The Bertz CT molecular complexity index is 2050. The van der Waals surface area contributed by atoms with Crippen molar-refractivity contribution in [3.63, 3.8) is 0 Å². The molecule has 5 aromatic heterocycles. The van der Waals surface area contributed by atoms with Gasteiger partial charge in [-0.2, -0.15) is 0 Å². The molecule has 0 amide bonds. The van der Waals surface area contributed by atoms with Crippen molar-refractivity contribution in [2.75, 3.05) is 0 Å². The molecular formula is C32H20N8Na2. The molecule has 0 spiro atoms. The first-order valence-electron chi connectivity index (χ1n) is 13.1. The Balaban J connectivity index is 0.00000144. The standard InChI is InChI=1S/C32H20N8.2Na/c1-2-10-18-17(9-1)25-33-26(18)38-28-21-13-5-6-14-22(21)30(35-28)40-32-24-16-8-7-15-23(24)31(36-32)39-29-20-12-4-3-11-19(20)27(34-29)37-25;;/h1-16,33-34,37-38H;;/q-2;2*+1. The van der Waals surface area contributed by atoms with Crippen molar-refractivity contribution >= 4 is 88.3 Å². The summed E-state index contributed by atoms with van der Waals surface area (Å²) in [7, 11) is 0. The second-order valence-corrected chi connectivity index (χ2v) is 9.92. The molecule has 9 rings (SSSR count). The van der Waals surface area contributed by atoms with E-state index >= 15 is 0 Å². The summed E-state index contributed by atoms with van der Waals surface area (Å²) >= 11 is 0. The molecule has 8 bridgehead atoms. The van der Waals surface area contributed by atoms with E-state index in [-0.39, 0.29) is 59.1 Å². The number of nitrogens with zero attached hydrogens (tertiary/aromatic N) is 4. The fraction of sp³-hybridized carbons (Fsp3) is 0. The summed E-state index contributed by atoms with van der Waals surface area (Å²) in [4.78, 5) is 34.2. The summed E-state index contributed by atoms with van der Waals surface area (Å²) in [6.45, 7) is 0. The molecule has 0 saturated carbocycles. The molecule has 0 atom stereocenters. The maximum Gasteiger partial charge on any atom is 1.00 e. The van der Waals surface area contributed by atoms with Crippen LogP contribution in [0.3, 0.4) is 0 Å². The number of nitrogens with one attached hydrogen (secondary N) is 4. The van der Waals surface area contributed by atoms with Gasteiger partial charge in [-0.3, -0.25) is 0 Å². The van der Waals surface area contributed by atoms with Gasteiger partial charge in [0.2, 0.25) is 0 Å². The van der Waals surface area contributed by atoms with Crippen molar-refractivity contribution < 1.29 is 59.1 Å². The van der Waals surface area contributed by atoms with Crippen LogP contribution in [0.5, 0.6) is 0 Å². The second-order valence-electron chi connectivity index (χ2n) is 9.92. The van der Waals surface area contributed by atoms with Crippen LogP contribution < -0.4 is 69.1 Å². The van der Waals surface area contributed by atoms with Gasteiger partial charge in [0, 0.05) is 44.1 Å². The van der Waals surface area contributed by atoms with Gasteiger partial charge < -0.3 is 39.9 Å². The molecule has 8 nitrogen and oxygen atoms in total. The molecule has 0 aliphatic heterocycles. The zero-order chi connectivity index (χ0) is 26.2. The Morgan fingerprint density at radius 3 is 1.40 bits per heavy atom. The molecule has 0 unspecified atom stereocenters. The zero-order valence-corrected chi connectivity index (χ0v) is 27.0. The normalized spacial score (nSPS) is 11.4. The Morgan fingerprint density at radius 1 is 0.381 bits per heavy atom. The first-order valence-corrected chi connectivity index (χ1v) is 13.1. The number of hydrogen-bond donors (Lipinski definition) is 4. The van der Waals surface area contributed by atoms with Crippen molar-refractivity contribution in [1.29, 1.82) is 0 Å². The number of aromatic nitrogens is 8. The third-order valence-electron chi connectivity index (χ3n) is 7.60. The Hall–Kier alpha value is -3.76. The molecule has 0 radical (unpaired) electrons. The molecule has 10 heteroatoms. The molecule has 4 aromatic carbocycles. The molecule has 9 aromatic rings. The molecule has 42 heavy (non-hydrogen) atoms. The minimum Gasteiger partial charge on any atom is -0.400 e. The van der Waals surface area contributed by atoms with Gasteiger partial charge in [-0.05, 0) is 21.5 Å². The van der Waals surface area contributed by atoms with E-state index < -0.39 is 0 Å². The second kappa shape index (κ2) is 10.5. The van der Waals surface area contributed by atoms with Crippen LogP contribution in [0, 0.1) is 0 Å². The van der Waals surface area contributed by atoms with Gasteiger partial charge in [-0.1, -0.05) is 97.1 Å². The van der Waals surface area contributed by atoms with Crippen molar-refractivity contribution in [3.8, 4) is 0 Å². The van der Waals surface area contributed by atoms with Crippen LogP contribution in [0.4, 0.5) is 0 Å². The van der Waals surface area contributed by atoms with Crippen LogP contribution in [0.25, 0.3) is 88.3 Å². The fourth-order valence-corrected chi connectivity index (χ4v) is 5.73. The molecule has 0 aliphatic carbocycles. The number of rotatable bonds is 0. The first kappa shape index (κ1) is 27.1. The molecule has 0 aliphatic rings. The SMILES string of the molecule is [Na+].[Na+].c1ccc2c3nc4[nH]c([nH]c5[nH]c([nH]c6[n-]c(nc([n-]3)c2c1)c1ccccc61)c1ccccc51)c1ccccc41. The van der Waals surface area contributed by atoms with Crippen LogP contribution in [-0.4, -0.2) is 29.9 Å². The van der Waals surface area contributed by atoms with Crippen LogP contribution in [0.1, 0.15) is 0 Å².